The number of allylic oxidation sites excluding steroid dienone is 20. The lowest BCUT2D eigenvalue weighted by Crippen LogP contribution is -2.30. The first-order valence-corrected chi connectivity index (χ1v) is 30.0. The molecule has 0 aromatic rings. The van der Waals surface area contributed by atoms with Crippen LogP contribution < -0.4 is 0 Å². The molecule has 414 valence electrons. The zero-order valence-corrected chi connectivity index (χ0v) is 47.4. The van der Waals surface area contributed by atoms with E-state index in [0.717, 1.165) is 128 Å². The Bertz CT molecular complexity index is 1540. The predicted molar refractivity (Wildman–Crippen MR) is 316 cm³/mol. The van der Waals surface area contributed by atoms with Gasteiger partial charge in [-0.15, -0.1) is 0 Å². The van der Waals surface area contributed by atoms with E-state index in [9.17, 15) is 14.4 Å². The molecular formula is C67H110O6. The Morgan fingerprint density at radius 1 is 0.288 bits per heavy atom. The largest absolute Gasteiger partial charge is 0.462 e. The van der Waals surface area contributed by atoms with Crippen molar-refractivity contribution in [3.8, 4) is 0 Å². The molecule has 0 aromatic heterocycles. The predicted octanol–water partition coefficient (Wildman–Crippen LogP) is 20.4. The van der Waals surface area contributed by atoms with Crippen LogP contribution in [0.5, 0.6) is 0 Å². The monoisotopic (exact) mass is 1010 g/mol. The van der Waals surface area contributed by atoms with Crippen LogP contribution in [0.2, 0.25) is 0 Å². The lowest BCUT2D eigenvalue weighted by molar-refractivity contribution is -0.167. The van der Waals surface area contributed by atoms with Crippen LogP contribution in [0.25, 0.3) is 0 Å². The van der Waals surface area contributed by atoms with Gasteiger partial charge < -0.3 is 14.2 Å². The fourth-order valence-corrected chi connectivity index (χ4v) is 7.92. The van der Waals surface area contributed by atoms with E-state index in [1.54, 1.807) is 0 Å². The van der Waals surface area contributed by atoms with Gasteiger partial charge in [-0.2, -0.15) is 0 Å². The summed E-state index contributed by atoms with van der Waals surface area (Å²) in [5.41, 5.74) is 0. The minimum absolute atomic E-state index is 0.102. The van der Waals surface area contributed by atoms with Crippen LogP contribution in [0.15, 0.2) is 122 Å². The molecule has 0 aliphatic heterocycles. The Labute approximate surface area is 450 Å². The Morgan fingerprint density at radius 3 is 0.877 bits per heavy atom. The Hall–Kier alpha value is -4.19. The number of ether oxygens (including phenoxy) is 3. The summed E-state index contributed by atoms with van der Waals surface area (Å²) in [5.74, 6) is -0.964. The normalized spacial score (nSPS) is 13.0. The van der Waals surface area contributed by atoms with E-state index in [2.05, 4.69) is 142 Å². The highest BCUT2D eigenvalue weighted by atomic mass is 16.6. The first-order valence-electron chi connectivity index (χ1n) is 30.0. The molecule has 0 spiro atoms. The van der Waals surface area contributed by atoms with Gasteiger partial charge in [-0.3, -0.25) is 14.4 Å². The van der Waals surface area contributed by atoms with Crippen molar-refractivity contribution >= 4 is 17.9 Å². The maximum atomic E-state index is 12.8. The van der Waals surface area contributed by atoms with Crippen molar-refractivity contribution in [3.63, 3.8) is 0 Å². The highest BCUT2D eigenvalue weighted by molar-refractivity contribution is 5.71. The number of rotatable bonds is 53. The van der Waals surface area contributed by atoms with Gasteiger partial charge in [-0.1, -0.05) is 232 Å². The van der Waals surface area contributed by atoms with E-state index >= 15 is 0 Å². The molecule has 0 rings (SSSR count). The molecule has 73 heavy (non-hydrogen) atoms. The highest BCUT2D eigenvalue weighted by Gasteiger charge is 2.19. The molecule has 1 unspecified atom stereocenters. The van der Waals surface area contributed by atoms with Crippen molar-refractivity contribution in [3.05, 3.63) is 122 Å². The van der Waals surface area contributed by atoms with Gasteiger partial charge in [0.05, 0.1) is 0 Å². The van der Waals surface area contributed by atoms with E-state index in [4.69, 9.17) is 14.2 Å². The lowest BCUT2D eigenvalue weighted by Gasteiger charge is -2.18. The second-order valence-corrected chi connectivity index (χ2v) is 19.5. The van der Waals surface area contributed by atoms with Crippen molar-refractivity contribution in [2.75, 3.05) is 13.2 Å². The first-order chi connectivity index (χ1) is 36.0. The molecule has 6 heteroatoms. The summed E-state index contributed by atoms with van der Waals surface area (Å²) in [6.07, 6.45) is 83.4. The first kappa shape index (κ1) is 68.8. The maximum Gasteiger partial charge on any atom is 0.306 e. The molecule has 0 amide bonds. The topological polar surface area (TPSA) is 78.9 Å². The molecule has 0 radical (unpaired) electrons. The molecule has 0 saturated heterocycles. The van der Waals surface area contributed by atoms with Gasteiger partial charge in [0, 0.05) is 19.3 Å². The Kier molecular flexibility index (Phi) is 56.9. The van der Waals surface area contributed by atoms with Gasteiger partial charge in [0.15, 0.2) is 6.10 Å². The average molecular weight is 1010 g/mol. The summed E-state index contributed by atoms with van der Waals surface area (Å²) in [7, 11) is 0. The average Bonchev–Trinajstić information content (AvgIpc) is 3.39. The fraction of sp³-hybridized carbons (Fsp3) is 0.657. The third kappa shape index (κ3) is 58.6. The molecule has 6 nitrogen and oxygen atoms in total. The minimum atomic E-state index is -0.807. The van der Waals surface area contributed by atoms with Crippen LogP contribution in [0.3, 0.4) is 0 Å². The van der Waals surface area contributed by atoms with Crippen LogP contribution in [0.1, 0.15) is 265 Å². The number of carbonyl (C=O) groups excluding carboxylic acids is 3. The Morgan fingerprint density at radius 2 is 0.534 bits per heavy atom. The maximum absolute atomic E-state index is 12.8. The summed E-state index contributed by atoms with van der Waals surface area (Å²) >= 11 is 0. The molecule has 1 atom stereocenters. The van der Waals surface area contributed by atoms with E-state index in [0.29, 0.717) is 25.7 Å². The SMILES string of the molecule is CC/C=C\C/C=C\C/C=C\C/C=C\C/C=C\C/C=C\C/C=C\C/C=C\CCCCC(=O)OCC(COC(=O)CCCCCCC/C=C\CCCCCCC)OC(=O)CCCCCCC/C=C\CCCCCCC. The summed E-state index contributed by atoms with van der Waals surface area (Å²) in [6, 6.07) is 0. The molecule has 0 heterocycles. The third-order valence-corrected chi connectivity index (χ3v) is 12.4. The molecule has 0 saturated carbocycles. The number of esters is 3. The van der Waals surface area contributed by atoms with Gasteiger partial charge in [-0.25, -0.2) is 0 Å². The molecule has 0 aromatic carbocycles. The highest BCUT2D eigenvalue weighted by Crippen LogP contribution is 2.14. The van der Waals surface area contributed by atoms with Gasteiger partial charge in [-0.05, 0) is 135 Å². The van der Waals surface area contributed by atoms with Gasteiger partial charge in [0.25, 0.3) is 0 Å². The van der Waals surface area contributed by atoms with Crippen LogP contribution in [0, 0.1) is 0 Å². The zero-order valence-electron chi connectivity index (χ0n) is 47.4. The molecule has 0 N–H and O–H groups in total. The number of hydrogen-bond donors (Lipinski definition) is 0. The molecule has 0 aliphatic carbocycles. The minimum Gasteiger partial charge on any atom is -0.462 e. The molecule has 0 bridgehead atoms. The molecular weight excluding hydrogens is 901 g/mol. The number of unbranched alkanes of at least 4 members (excludes halogenated alkanes) is 22. The van der Waals surface area contributed by atoms with Gasteiger partial charge >= 0.3 is 17.9 Å². The quantitative estimate of drug-likeness (QED) is 0.0261. The standard InChI is InChI=1S/C67H110O6/c1-4-7-10-13-16-19-22-25-28-29-30-31-32-33-34-35-36-37-38-39-40-43-45-48-51-54-57-60-66(69)72-63-64(73-67(70)61-58-55-52-49-46-42-27-24-21-18-15-12-9-6-3)62-71-65(68)59-56-53-50-47-44-41-26-23-20-17-14-11-8-5-2/h7,10,16,19,23-28,30-31,33-34,36-37,39-40,45,48,64H,4-6,8-9,11-15,17-18,20-22,29,32,35,38,41-44,46-47,49-63H2,1-3H3/b10-7-,19-16-,26-23-,27-24-,28-25-,31-30-,34-33-,37-36-,40-39-,48-45-. The summed E-state index contributed by atoms with van der Waals surface area (Å²) in [6.45, 7) is 6.46. The summed E-state index contributed by atoms with van der Waals surface area (Å²) in [5, 5.41) is 0. The van der Waals surface area contributed by atoms with Gasteiger partial charge in [0.2, 0.25) is 0 Å². The second kappa shape index (κ2) is 60.4. The van der Waals surface area contributed by atoms with E-state index in [1.807, 2.05) is 0 Å². The van der Waals surface area contributed by atoms with Crippen LogP contribution in [0.4, 0.5) is 0 Å². The van der Waals surface area contributed by atoms with E-state index < -0.39 is 6.10 Å². The van der Waals surface area contributed by atoms with E-state index in [1.165, 1.54) is 89.9 Å². The molecule has 0 fully saturated rings. The second-order valence-electron chi connectivity index (χ2n) is 19.5. The van der Waals surface area contributed by atoms with E-state index in [-0.39, 0.29) is 31.1 Å². The zero-order chi connectivity index (χ0) is 52.9. The van der Waals surface area contributed by atoms with Crippen molar-refractivity contribution in [2.24, 2.45) is 0 Å². The lowest BCUT2D eigenvalue weighted by atomic mass is 10.1. The number of carbonyl (C=O) groups is 3. The Balaban J connectivity index is 4.44. The fourth-order valence-electron chi connectivity index (χ4n) is 7.92. The number of hydrogen-bond acceptors (Lipinski definition) is 6. The van der Waals surface area contributed by atoms with Crippen molar-refractivity contribution in [1.82, 2.24) is 0 Å². The van der Waals surface area contributed by atoms with Crippen molar-refractivity contribution in [2.45, 2.75) is 271 Å². The third-order valence-electron chi connectivity index (χ3n) is 12.4. The summed E-state index contributed by atoms with van der Waals surface area (Å²) in [4.78, 5) is 38.2. The van der Waals surface area contributed by atoms with Gasteiger partial charge in [0.1, 0.15) is 13.2 Å². The smallest absolute Gasteiger partial charge is 0.306 e. The van der Waals surface area contributed by atoms with Crippen molar-refractivity contribution in [1.29, 1.82) is 0 Å². The molecule has 0 aliphatic rings. The van der Waals surface area contributed by atoms with Crippen LogP contribution in [-0.4, -0.2) is 37.2 Å². The van der Waals surface area contributed by atoms with Crippen LogP contribution >= 0.6 is 0 Å². The summed E-state index contributed by atoms with van der Waals surface area (Å²) < 4.78 is 16.8. The van der Waals surface area contributed by atoms with Crippen molar-refractivity contribution < 1.29 is 28.6 Å². The van der Waals surface area contributed by atoms with Crippen LogP contribution in [-0.2, 0) is 28.6 Å².